The number of aliphatic hydroxyl groups is 1. The van der Waals surface area contributed by atoms with E-state index in [-0.39, 0.29) is 5.41 Å². The molecule has 4 aliphatic rings. The number of hydrogen-bond acceptors (Lipinski definition) is 3. The molecule has 0 amide bonds. The van der Waals surface area contributed by atoms with Crippen LogP contribution in [0.4, 0.5) is 0 Å². The molecule has 2 fully saturated rings. The minimum atomic E-state index is -0.610. The molecular formula is C25H30O3. The number of benzene rings is 1. The summed E-state index contributed by atoms with van der Waals surface area (Å²) in [4.78, 5) is 11.1. The molecule has 1 aliphatic heterocycles. The Bertz CT molecular complexity index is 860. The summed E-state index contributed by atoms with van der Waals surface area (Å²) in [6, 6.07) is 8.13. The van der Waals surface area contributed by atoms with Crippen molar-refractivity contribution in [2.24, 2.45) is 17.3 Å². The number of carbonyl (C=O) groups is 1. The maximum absolute atomic E-state index is 11.3. The van der Waals surface area contributed by atoms with Crippen LogP contribution >= 0.6 is 0 Å². The molecule has 1 aromatic carbocycles. The zero-order valence-electron chi connectivity index (χ0n) is 16.9. The second-order valence-electron chi connectivity index (χ2n) is 9.72. The maximum atomic E-state index is 11.3. The van der Waals surface area contributed by atoms with E-state index < -0.39 is 5.60 Å². The number of aldehydes is 1. The highest BCUT2D eigenvalue weighted by Crippen LogP contribution is 2.66. The van der Waals surface area contributed by atoms with Crippen LogP contribution in [-0.2, 0) is 4.74 Å². The Balaban J connectivity index is 1.67. The van der Waals surface area contributed by atoms with Gasteiger partial charge in [-0.05, 0) is 67.6 Å². The van der Waals surface area contributed by atoms with Crippen molar-refractivity contribution in [3.8, 4) is 0 Å². The number of fused-ring (bicyclic) bond motifs is 4. The Morgan fingerprint density at radius 2 is 1.93 bits per heavy atom. The minimum absolute atomic E-state index is 0.0674. The Labute approximate surface area is 167 Å². The van der Waals surface area contributed by atoms with Crippen LogP contribution in [0.3, 0.4) is 0 Å². The normalized spacial score (nSPS) is 39.4. The number of ether oxygens (including phenoxy) is 1. The van der Waals surface area contributed by atoms with Gasteiger partial charge in [0.1, 0.15) is 6.29 Å². The van der Waals surface area contributed by atoms with E-state index >= 15 is 0 Å². The zero-order valence-corrected chi connectivity index (χ0v) is 16.9. The summed E-state index contributed by atoms with van der Waals surface area (Å²) >= 11 is 0. The van der Waals surface area contributed by atoms with Gasteiger partial charge in [0, 0.05) is 23.3 Å². The molecule has 3 nitrogen and oxygen atoms in total. The van der Waals surface area contributed by atoms with E-state index in [9.17, 15) is 9.90 Å². The molecule has 2 unspecified atom stereocenters. The predicted octanol–water partition coefficient (Wildman–Crippen LogP) is 5.16. The first-order valence-electron chi connectivity index (χ1n) is 10.8. The Hall–Kier alpha value is -1.87. The summed E-state index contributed by atoms with van der Waals surface area (Å²) < 4.78 is 5.65. The molecule has 3 heteroatoms. The molecule has 0 aromatic heterocycles. The highest BCUT2D eigenvalue weighted by molar-refractivity contribution is 5.74. The van der Waals surface area contributed by atoms with Crippen LogP contribution in [0.2, 0.25) is 0 Å². The smallest absolute Gasteiger partial charge is 0.150 e. The highest BCUT2D eigenvalue weighted by atomic mass is 16.5. The van der Waals surface area contributed by atoms with E-state index in [1.807, 2.05) is 18.4 Å². The lowest BCUT2D eigenvalue weighted by atomic mass is 9.51. The largest absolute Gasteiger partial charge is 0.501 e. The van der Waals surface area contributed by atoms with E-state index in [1.165, 1.54) is 16.7 Å². The predicted molar refractivity (Wildman–Crippen MR) is 109 cm³/mol. The van der Waals surface area contributed by atoms with Gasteiger partial charge in [-0.15, -0.1) is 0 Å². The summed E-state index contributed by atoms with van der Waals surface area (Å²) in [5.74, 6) is 1.42. The Morgan fingerprint density at radius 3 is 2.68 bits per heavy atom. The van der Waals surface area contributed by atoms with Gasteiger partial charge >= 0.3 is 0 Å². The van der Waals surface area contributed by atoms with Crippen LogP contribution in [0, 0.1) is 17.3 Å². The van der Waals surface area contributed by atoms with Gasteiger partial charge in [0.15, 0.2) is 0 Å². The van der Waals surface area contributed by atoms with E-state index in [1.54, 1.807) is 5.57 Å². The van der Waals surface area contributed by atoms with E-state index in [4.69, 9.17) is 4.74 Å². The SMILES string of the molecule is C[C@]1(O)CCC2C3CCC4=COCCC4=C3[C@@H](c3ccc(C=O)cc3)C[C@@]21C. The van der Waals surface area contributed by atoms with Crippen molar-refractivity contribution in [3.05, 3.63) is 58.4 Å². The molecule has 0 bridgehead atoms. The lowest BCUT2D eigenvalue weighted by Crippen LogP contribution is -2.50. The van der Waals surface area contributed by atoms with Crippen molar-refractivity contribution >= 4 is 6.29 Å². The number of allylic oxidation sites excluding steroid dienone is 2. The number of hydrogen-bond donors (Lipinski definition) is 1. The first kappa shape index (κ1) is 18.2. The fourth-order valence-electron chi connectivity index (χ4n) is 6.76. The average molecular weight is 379 g/mol. The van der Waals surface area contributed by atoms with E-state index in [0.29, 0.717) is 17.8 Å². The van der Waals surface area contributed by atoms with Crippen molar-refractivity contribution in [3.63, 3.8) is 0 Å². The quantitative estimate of drug-likeness (QED) is 0.723. The number of carbonyl (C=O) groups excluding carboxylic acids is 1. The van der Waals surface area contributed by atoms with Crippen LogP contribution < -0.4 is 0 Å². The number of rotatable bonds is 2. The lowest BCUT2D eigenvalue weighted by molar-refractivity contribution is -0.0795. The summed E-state index contributed by atoms with van der Waals surface area (Å²) in [6.45, 7) is 5.15. The van der Waals surface area contributed by atoms with Gasteiger partial charge in [0.2, 0.25) is 0 Å². The molecule has 3 aliphatic carbocycles. The van der Waals surface area contributed by atoms with Gasteiger partial charge < -0.3 is 9.84 Å². The first-order chi connectivity index (χ1) is 13.4. The van der Waals surface area contributed by atoms with Crippen LogP contribution in [0.1, 0.15) is 74.2 Å². The van der Waals surface area contributed by atoms with Crippen molar-refractivity contribution in [1.82, 2.24) is 0 Å². The van der Waals surface area contributed by atoms with Gasteiger partial charge in [-0.25, -0.2) is 0 Å². The average Bonchev–Trinajstić information content (AvgIpc) is 2.96. The topological polar surface area (TPSA) is 46.5 Å². The first-order valence-corrected chi connectivity index (χ1v) is 10.8. The Kier molecular flexibility index (Phi) is 4.10. The van der Waals surface area contributed by atoms with Gasteiger partial charge in [-0.2, -0.15) is 0 Å². The summed E-state index contributed by atoms with van der Waals surface area (Å²) in [5.41, 5.74) is 5.86. The van der Waals surface area contributed by atoms with Crippen LogP contribution in [0.25, 0.3) is 0 Å². The lowest BCUT2D eigenvalue weighted by Gasteiger charge is -2.54. The molecule has 1 heterocycles. The van der Waals surface area contributed by atoms with Crippen LogP contribution in [0.5, 0.6) is 0 Å². The third-order valence-corrected chi connectivity index (χ3v) is 8.51. The van der Waals surface area contributed by atoms with Crippen molar-refractivity contribution in [1.29, 1.82) is 0 Å². The molecule has 0 saturated heterocycles. The molecule has 5 rings (SSSR count). The van der Waals surface area contributed by atoms with Gasteiger partial charge in [-0.1, -0.05) is 36.8 Å². The fourth-order valence-corrected chi connectivity index (χ4v) is 6.76. The van der Waals surface area contributed by atoms with Crippen molar-refractivity contribution < 1.29 is 14.6 Å². The summed E-state index contributed by atoms with van der Waals surface area (Å²) in [7, 11) is 0. The molecule has 0 spiro atoms. The third-order valence-electron chi connectivity index (χ3n) is 8.51. The molecule has 0 radical (unpaired) electrons. The molecule has 148 valence electrons. The second kappa shape index (κ2) is 6.32. The molecular weight excluding hydrogens is 348 g/mol. The minimum Gasteiger partial charge on any atom is -0.501 e. The zero-order chi connectivity index (χ0) is 19.5. The van der Waals surface area contributed by atoms with Crippen molar-refractivity contribution in [2.45, 2.75) is 63.9 Å². The summed E-state index contributed by atoms with van der Waals surface area (Å²) in [6.07, 6.45) is 9.16. The third kappa shape index (κ3) is 2.48. The van der Waals surface area contributed by atoms with E-state index in [0.717, 1.165) is 57.0 Å². The second-order valence-corrected chi connectivity index (χ2v) is 9.72. The fraction of sp³-hybridized carbons (Fsp3) is 0.560. The highest BCUT2D eigenvalue weighted by Gasteiger charge is 2.60. The molecule has 1 aromatic rings. The standard InChI is InChI=1S/C25H30O3/c1-24-13-21(17-5-3-16(14-26)4-6-17)23-19-10-12-28-15-18(19)7-8-20(23)22(24)9-11-25(24,2)27/h3-6,14-15,20-22,27H,7-13H2,1-2H3/t20?,21-,22?,24+,25+/m1/s1. The summed E-state index contributed by atoms with van der Waals surface area (Å²) in [5, 5.41) is 11.3. The maximum Gasteiger partial charge on any atom is 0.150 e. The monoisotopic (exact) mass is 378 g/mol. The van der Waals surface area contributed by atoms with Gasteiger partial charge in [-0.3, -0.25) is 4.79 Å². The molecule has 2 saturated carbocycles. The van der Waals surface area contributed by atoms with Crippen LogP contribution in [-0.4, -0.2) is 23.6 Å². The van der Waals surface area contributed by atoms with E-state index in [2.05, 4.69) is 26.0 Å². The molecule has 28 heavy (non-hydrogen) atoms. The van der Waals surface area contributed by atoms with Gasteiger partial charge in [0.05, 0.1) is 18.5 Å². The van der Waals surface area contributed by atoms with Gasteiger partial charge in [0.25, 0.3) is 0 Å². The molecule has 1 N–H and O–H groups in total. The van der Waals surface area contributed by atoms with Crippen LogP contribution in [0.15, 0.2) is 47.2 Å². The molecule has 5 atom stereocenters. The van der Waals surface area contributed by atoms with Crippen molar-refractivity contribution in [2.75, 3.05) is 6.61 Å². The Morgan fingerprint density at radius 1 is 1.14 bits per heavy atom.